The molecule has 0 aromatic heterocycles. The first-order valence-corrected chi connectivity index (χ1v) is 5.94. The molecule has 0 aliphatic carbocycles. The predicted molar refractivity (Wildman–Crippen MR) is 76.3 cm³/mol. The smallest absolute Gasteiger partial charge is 0.291 e. The topological polar surface area (TPSA) is 87.5 Å². The molecule has 2 aromatic rings. The molecule has 6 heteroatoms. The summed E-state index contributed by atoms with van der Waals surface area (Å²) in [6.07, 6.45) is 0. The summed E-state index contributed by atoms with van der Waals surface area (Å²) in [5.41, 5.74) is 5.92. The second-order valence-corrected chi connectivity index (χ2v) is 3.93. The molecule has 2 amide bonds. The molecule has 2 rings (SSSR count). The molecule has 6 nitrogen and oxygen atoms in total. The zero-order valence-corrected chi connectivity index (χ0v) is 10.6. The van der Waals surface area contributed by atoms with Crippen molar-refractivity contribution in [1.82, 2.24) is 5.43 Å². The number of carbonyl (C=O) groups excluding carboxylic acids is 2. The van der Waals surface area contributed by atoms with Gasteiger partial charge in [-0.3, -0.25) is 20.4 Å². The van der Waals surface area contributed by atoms with Crippen molar-refractivity contribution in [2.45, 2.75) is 0 Å². The van der Waals surface area contributed by atoms with Gasteiger partial charge in [-0.15, -0.1) is 0 Å². The molecule has 20 heavy (non-hydrogen) atoms. The highest BCUT2D eigenvalue weighted by Gasteiger charge is 2.22. The van der Waals surface area contributed by atoms with Crippen LogP contribution >= 0.6 is 0 Å². The molecule has 0 aliphatic rings. The highest BCUT2D eigenvalue weighted by atomic mass is 16.2. The Labute approximate surface area is 116 Å². The van der Waals surface area contributed by atoms with E-state index in [2.05, 4.69) is 5.43 Å². The number of benzene rings is 2. The number of nitrogens with one attached hydrogen (secondary N) is 2. The summed E-state index contributed by atoms with van der Waals surface area (Å²) in [5, 5.41) is 1.14. The number of rotatable bonds is 3. The number of anilines is 2. The Kier molecular flexibility index (Phi) is 4.31. The monoisotopic (exact) mass is 270 g/mol. The van der Waals surface area contributed by atoms with Gasteiger partial charge in [0.15, 0.2) is 0 Å². The van der Waals surface area contributed by atoms with Crippen LogP contribution < -0.4 is 21.7 Å². The van der Waals surface area contributed by atoms with Gasteiger partial charge in [-0.05, 0) is 24.3 Å². The maximum Gasteiger partial charge on any atom is 0.336 e. The molecular formula is C14H14N4O2. The van der Waals surface area contributed by atoms with Crippen molar-refractivity contribution < 1.29 is 9.59 Å². The second-order valence-electron chi connectivity index (χ2n) is 3.93. The van der Waals surface area contributed by atoms with Crippen LogP contribution in [0.3, 0.4) is 0 Å². The number of amides is 2. The minimum atomic E-state index is -0.905. The zero-order chi connectivity index (χ0) is 14.4. The van der Waals surface area contributed by atoms with Crippen LogP contribution in [0.15, 0.2) is 60.7 Å². The summed E-state index contributed by atoms with van der Waals surface area (Å²) in [7, 11) is 0. The Bertz CT molecular complexity index is 587. The van der Waals surface area contributed by atoms with Crippen molar-refractivity contribution in [3.8, 4) is 0 Å². The molecule has 0 saturated carbocycles. The molecule has 0 atom stereocenters. The normalized spacial score (nSPS) is 9.65. The minimum Gasteiger partial charge on any atom is -0.291 e. The second kappa shape index (κ2) is 6.35. The SMILES string of the molecule is NNC(=O)C(=O)N(Nc1ccccc1)c1ccccc1. The third-order valence-electron chi connectivity index (χ3n) is 2.56. The zero-order valence-electron chi connectivity index (χ0n) is 10.6. The van der Waals surface area contributed by atoms with Gasteiger partial charge in [0.05, 0.1) is 11.4 Å². The van der Waals surface area contributed by atoms with Crippen LogP contribution in [0, 0.1) is 0 Å². The van der Waals surface area contributed by atoms with Crippen LogP contribution in [0.2, 0.25) is 0 Å². The largest absolute Gasteiger partial charge is 0.336 e. The summed E-state index contributed by atoms with van der Waals surface area (Å²) >= 11 is 0. The van der Waals surface area contributed by atoms with Crippen molar-refractivity contribution in [3.63, 3.8) is 0 Å². The molecular weight excluding hydrogens is 256 g/mol. The fourth-order valence-corrected chi connectivity index (χ4v) is 1.61. The fraction of sp³-hybridized carbons (Fsp3) is 0. The molecule has 0 spiro atoms. The molecule has 0 fully saturated rings. The number of nitrogens with two attached hydrogens (primary N) is 1. The van der Waals surface area contributed by atoms with Crippen molar-refractivity contribution in [2.24, 2.45) is 5.84 Å². The third kappa shape index (κ3) is 3.12. The van der Waals surface area contributed by atoms with Crippen molar-refractivity contribution in [2.75, 3.05) is 10.4 Å². The lowest BCUT2D eigenvalue weighted by Gasteiger charge is -2.23. The Morgan fingerprint density at radius 3 is 2.00 bits per heavy atom. The molecule has 0 aliphatic heterocycles. The van der Waals surface area contributed by atoms with E-state index < -0.39 is 11.8 Å². The average Bonchev–Trinajstić information content (AvgIpc) is 2.53. The van der Waals surface area contributed by atoms with Crippen LogP contribution in [0.5, 0.6) is 0 Å². The lowest BCUT2D eigenvalue weighted by atomic mass is 10.3. The van der Waals surface area contributed by atoms with Crippen LogP contribution in [-0.2, 0) is 9.59 Å². The van der Waals surface area contributed by atoms with Gasteiger partial charge >= 0.3 is 11.8 Å². The average molecular weight is 270 g/mol. The van der Waals surface area contributed by atoms with E-state index in [4.69, 9.17) is 5.84 Å². The molecule has 4 N–H and O–H groups in total. The van der Waals surface area contributed by atoms with Gasteiger partial charge in [0.25, 0.3) is 0 Å². The Hall–Kier alpha value is -2.86. The van der Waals surface area contributed by atoms with Crippen LogP contribution in [0.1, 0.15) is 0 Å². The van der Waals surface area contributed by atoms with E-state index in [0.29, 0.717) is 11.4 Å². The molecule has 0 unspecified atom stereocenters. The Morgan fingerprint density at radius 2 is 1.45 bits per heavy atom. The van der Waals surface area contributed by atoms with E-state index in [0.717, 1.165) is 5.01 Å². The number of hydrogen-bond acceptors (Lipinski definition) is 4. The number of hydrogen-bond donors (Lipinski definition) is 3. The summed E-state index contributed by atoms with van der Waals surface area (Å²) in [6, 6.07) is 17.8. The van der Waals surface area contributed by atoms with E-state index in [-0.39, 0.29) is 0 Å². The number of carbonyl (C=O) groups is 2. The minimum absolute atomic E-state index is 0.532. The molecule has 0 heterocycles. The fourth-order valence-electron chi connectivity index (χ4n) is 1.61. The van der Waals surface area contributed by atoms with E-state index in [9.17, 15) is 9.59 Å². The maximum absolute atomic E-state index is 12.1. The summed E-state index contributed by atoms with van der Waals surface area (Å²) in [4.78, 5) is 23.5. The first-order chi connectivity index (χ1) is 9.72. The van der Waals surface area contributed by atoms with Crippen LogP contribution in [0.4, 0.5) is 11.4 Å². The van der Waals surface area contributed by atoms with Crippen molar-refractivity contribution >= 4 is 23.2 Å². The first kappa shape index (κ1) is 13.6. The van der Waals surface area contributed by atoms with Crippen molar-refractivity contribution in [3.05, 3.63) is 60.7 Å². The van der Waals surface area contributed by atoms with E-state index in [1.165, 1.54) is 0 Å². The molecule has 2 aromatic carbocycles. The van der Waals surface area contributed by atoms with Crippen LogP contribution in [0.25, 0.3) is 0 Å². The summed E-state index contributed by atoms with van der Waals surface area (Å²) in [6.45, 7) is 0. The maximum atomic E-state index is 12.1. The van der Waals surface area contributed by atoms with Crippen molar-refractivity contribution in [1.29, 1.82) is 0 Å². The van der Waals surface area contributed by atoms with Gasteiger partial charge in [-0.2, -0.15) is 0 Å². The third-order valence-corrected chi connectivity index (χ3v) is 2.56. The van der Waals surface area contributed by atoms with Gasteiger partial charge < -0.3 is 0 Å². The standard InChI is InChI=1S/C14H14N4O2/c15-16-13(19)14(20)18(12-9-5-2-6-10-12)17-11-7-3-1-4-8-11/h1-10,17H,15H2,(H,16,19). The van der Waals surface area contributed by atoms with Gasteiger partial charge in [0, 0.05) is 0 Å². The molecule has 102 valence electrons. The Morgan fingerprint density at radius 1 is 0.900 bits per heavy atom. The lowest BCUT2D eigenvalue weighted by Crippen LogP contribution is -2.48. The summed E-state index contributed by atoms with van der Waals surface area (Å²) in [5.74, 6) is 3.30. The molecule has 0 radical (unpaired) electrons. The van der Waals surface area contributed by atoms with Crippen LogP contribution in [-0.4, -0.2) is 11.8 Å². The number of nitrogens with zero attached hydrogens (tertiary/aromatic N) is 1. The van der Waals surface area contributed by atoms with E-state index in [1.54, 1.807) is 36.4 Å². The highest BCUT2D eigenvalue weighted by Crippen LogP contribution is 2.16. The van der Waals surface area contributed by atoms with E-state index in [1.807, 2.05) is 29.7 Å². The quantitative estimate of drug-likeness (QED) is 0.336. The molecule has 0 saturated heterocycles. The van der Waals surface area contributed by atoms with E-state index >= 15 is 0 Å². The Balaban J connectivity index is 2.30. The first-order valence-electron chi connectivity index (χ1n) is 5.94. The van der Waals surface area contributed by atoms with Gasteiger partial charge in [-0.1, -0.05) is 36.4 Å². The number of para-hydroxylation sites is 2. The number of hydrazine groups is 2. The lowest BCUT2D eigenvalue weighted by molar-refractivity contribution is -0.137. The predicted octanol–water partition coefficient (Wildman–Crippen LogP) is 1.04. The van der Waals surface area contributed by atoms with Gasteiger partial charge in [-0.25, -0.2) is 10.9 Å². The summed E-state index contributed by atoms with van der Waals surface area (Å²) < 4.78 is 0. The molecule has 0 bridgehead atoms. The highest BCUT2D eigenvalue weighted by molar-refractivity contribution is 6.40. The van der Waals surface area contributed by atoms with Gasteiger partial charge in [0.2, 0.25) is 0 Å². The van der Waals surface area contributed by atoms with Gasteiger partial charge in [0.1, 0.15) is 0 Å².